The SMILES string of the molecule is O=C(CN1CCCNCC1)N1CCC2(O)CCCCC2C1. The van der Waals surface area contributed by atoms with Gasteiger partial charge in [0.2, 0.25) is 5.91 Å². The summed E-state index contributed by atoms with van der Waals surface area (Å²) in [5.41, 5.74) is -0.485. The number of hydrogen-bond acceptors (Lipinski definition) is 4. The van der Waals surface area contributed by atoms with E-state index in [1.165, 1.54) is 6.42 Å². The van der Waals surface area contributed by atoms with Crippen molar-refractivity contribution in [3.8, 4) is 0 Å². The lowest BCUT2D eigenvalue weighted by molar-refractivity contribution is -0.144. The minimum Gasteiger partial charge on any atom is -0.389 e. The van der Waals surface area contributed by atoms with E-state index < -0.39 is 5.60 Å². The van der Waals surface area contributed by atoms with Crippen molar-refractivity contribution in [2.75, 3.05) is 45.8 Å². The zero-order valence-corrected chi connectivity index (χ0v) is 13.0. The van der Waals surface area contributed by atoms with Gasteiger partial charge in [0.15, 0.2) is 0 Å². The van der Waals surface area contributed by atoms with Gasteiger partial charge >= 0.3 is 0 Å². The molecule has 21 heavy (non-hydrogen) atoms. The van der Waals surface area contributed by atoms with Gasteiger partial charge in [0.1, 0.15) is 0 Å². The molecular formula is C16H29N3O2. The fourth-order valence-corrected chi connectivity index (χ4v) is 4.15. The summed E-state index contributed by atoms with van der Waals surface area (Å²) in [5.74, 6) is 0.555. The first-order valence-electron chi connectivity index (χ1n) is 8.61. The maximum absolute atomic E-state index is 12.5. The molecule has 2 aliphatic heterocycles. The van der Waals surface area contributed by atoms with Gasteiger partial charge in [-0.05, 0) is 38.8 Å². The van der Waals surface area contributed by atoms with Crippen LogP contribution >= 0.6 is 0 Å². The van der Waals surface area contributed by atoms with E-state index >= 15 is 0 Å². The highest BCUT2D eigenvalue weighted by Crippen LogP contribution is 2.39. The van der Waals surface area contributed by atoms with Crippen molar-refractivity contribution >= 4 is 5.91 Å². The third kappa shape index (κ3) is 3.58. The average Bonchev–Trinajstić information content (AvgIpc) is 2.75. The van der Waals surface area contributed by atoms with Gasteiger partial charge in [0, 0.05) is 32.1 Å². The maximum atomic E-state index is 12.5. The first kappa shape index (κ1) is 15.3. The summed E-state index contributed by atoms with van der Waals surface area (Å²) in [6, 6.07) is 0. The maximum Gasteiger partial charge on any atom is 0.236 e. The molecule has 2 unspecified atom stereocenters. The lowest BCUT2D eigenvalue weighted by Gasteiger charge is -2.47. The Balaban J connectivity index is 1.53. The summed E-state index contributed by atoms with van der Waals surface area (Å²) in [7, 11) is 0. The number of nitrogens with one attached hydrogen (secondary N) is 1. The van der Waals surface area contributed by atoms with Gasteiger partial charge < -0.3 is 15.3 Å². The van der Waals surface area contributed by atoms with Gasteiger partial charge in [0.05, 0.1) is 12.1 Å². The number of carbonyl (C=O) groups is 1. The van der Waals surface area contributed by atoms with E-state index in [-0.39, 0.29) is 5.91 Å². The van der Waals surface area contributed by atoms with Crippen LogP contribution in [-0.2, 0) is 4.79 Å². The van der Waals surface area contributed by atoms with E-state index in [4.69, 9.17) is 0 Å². The van der Waals surface area contributed by atoms with Crippen molar-refractivity contribution in [1.29, 1.82) is 0 Å². The molecule has 2 saturated heterocycles. The predicted molar refractivity (Wildman–Crippen MR) is 82.0 cm³/mol. The lowest BCUT2D eigenvalue weighted by atomic mass is 9.71. The van der Waals surface area contributed by atoms with Gasteiger partial charge in [-0.15, -0.1) is 0 Å². The molecular weight excluding hydrogens is 266 g/mol. The minimum atomic E-state index is -0.485. The van der Waals surface area contributed by atoms with E-state index in [1.807, 2.05) is 4.90 Å². The lowest BCUT2D eigenvalue weighted by Crippen LogP contribution is -2.56. The molecule has 120 valence electrons. The monoisotopic (exact) mass is 295 g/mol. The largest absolute Gasteiger partial charge is 0.389 e. The van der Waals surface area contributed by atoms with Gasteiger partial charge in [-0.25, -0.2) is 0 Å². The fourth-order valence-electron chi connectivity index (χ4n) is 4.15. The summed E-state index contributed by atoms with van der Waals surface area (Å²) >= 11 is 0. The second kappa shape index (κ2) is 6.63. The summed E-state index contributed by atoms with van der Waals surface area (Å²) in [6.45, 7) is 6.07. The second-order valence-electron chi connectivity index (χ2n) is 7.02. The summed E-state index contributed by atoms with van der Waals surface area (Å²) < 4.78 is 0. The third-order valence-electron chi connectivity index (χ3n) is 5.57. The first-order chi connectivity index (χ1) is 10.2. The molecule has 2 heterocycles. The normalized spacial score (nSPS) is 35.1. The van der Waals surface area contributed by atoms with Crippen LogP contribution in [0.25, 0.3) is 0 Å². The van der Waals surface area contributed by atoms with Crippen LogP contribution in [0.2, 0.25) is 0 Å². The molecule has 5 nitrogen and oxygen atoms in total. The van der Waals surface area contributed by atoms with Crippen LogP contribution in [0.3, 0.4) is 0 Å². The Bertz CT molecular complexity index is 369. The zero-order chi connectivity index (χ0) is 14.7. The minimum absolute atomic E-state index is 0.254. The van der Waals surface area contributed by atoms with Crippen molar-refractivity contribution < 1.29 is 9.90 Å². The van der Waals surface area contributed by atoms with Crippen LogP contribution in [0.1, 0.15) is 38.5 Å². The number of fused-ring (bicyclic) bond motifs is 1. The Morgan fingerprint density at radius 3 is 2.95 bits per heavy atom. The zero-order valence-electron chi connectivity index (χ0n) is 13.0. The molecule has 3 rings (SSSR count). The van der Waals surface area contributed by atoms with Crippen molar-refractivity contribution in [3.05, 3.63) is 0 Å². The van der Waals surface area contributed by atoms with Gasteiger partial charge in [-0.1, -0.05) is 12.8 Å². The highest BCUT2D eigenvalue weighted by Gasteiger charge is 2.43. The van der Waals surface area contributed by atoms with Crippen LogP contribution in [0.15, 0.2) is 0 Å². The van der Waals surface area contributed by atoms with Crippen LogP contribution < -0.4 is 5.32 Å². The van der Waals surface area contributed by atoms with Crippen LogP contribution in [0, 0.1) is 5.92 Å². The quantitative estimate of drug-likeness (QED) is 0.776. The molecule has 0 bridgehead atoms. The van der Waals surface area contributed by atoms with E-state index in [0.29, 0.717) is 12.5 Å². The van der Waals surface area contributed by atoms with Gasteiger partial charge in [-0.3, -0.25) is 9.69 Å². The number of piperidine rings is 1. The molecule has 0 radical (unpaired) electrons. The van der Waals surface area contributed by atoms with E-state index in [1.54, 1.807) is 0 Å². The Hall–Kier alpha value is -0.650. The fraction of sp³-hybridized carbons (Fsp3) is 0.938. The standard InChI is InChI=1S/C16H29N3O2/c20-15(13-18-9-3-7-17-8-11-18)19-10-6-16(21)5-2-1-4-14(16)12-19/h14,17,21H,1-13H2. The van der Waals surface area contributed by atoms with Crippen LogP contribution in [-0.4, -0.2) is 72.2 Å². The highest BCUT2D eigenvalue weighted by atomic mass is 16.3. The van der Waals surface area contributed by atoms with Crippen molar-refractivity contribution in [2.45, 2.75) is 44.1 Å². The van der Waals surface area contributed by atoms with Crippen molar-refractivity contribution in [2.24, 2.45) is 5.92 Å². The third-order valence-corrected chi connectivity index (χ3v) is 5.57. The number of nitrogens with zero attached hydrogens (tertiary/aromatic N) is 2. The molecule has 2 atom stereocenters. The molecule has 0 aromatic rings. The van der Waals surface area contributed by atoms with Crippen molar-refractivity contribution in [3.63, 3.8) is 0 Å². The molecule has 0 aromatic carbocycles. The number of amides is 1. The smallest absolute Gasteiger partial charge is 0.236 e. The Kier molecular flexibility index (Phi) is 4.82. The number of likely N-dealkylation sites (tertiary alicyclic amines) is 1. The molecule has 1 amide bonds. The summed E-state index contributed by atoms with van der Waals surface area (Å²) in [5, 5.41) is 14.1. The molecule has 2 N–H and O–H groups in total. The van der Waals surface area contributed by atoms with E-state index in [2.05, 4.69) is 10.2 Å². The Morgan fingerprint density at radius 1 is 1.14 bits per heavy atom. The molecule has 1 saturated carbocycles. The van der Waals surface area contributed by atoms with Gasteiger partial charge in [-0.2, -0.15) is 0 Å². The molecule has 5 heteroatoms. The molecule has 0 aromatic heterocycles. The van der Waals surface area contributed by atoms with Crippen LogP contribution in [0.5, 0.6) is 0 Å². The summed E-state index contributed by atoms with van der Waals surface area (Å²) in [6.07, 6.45) is 6.24. The van der Waals surface area contributed by atoms with Gasteiger partial charge in [0.25, 0.3) is 0 Å². The first-order valence-corrected chi connectivity index (χ1v) is 8.61. The predicted octanol–water partition coefficient (Wildman–Crippen LogP) is 0.435. The second-order valence-corrected chi connectivity index (χ2v) is 7.02. The Labute approximate surface area is 127 Å². The highest BCUT2D eigenvalue weighted by molar-refractivity contribution is 5.78. The topological polar surface area (TPSA) is 55.8 Å². The van der Waals surface area contributed by atoms with Crippen LogP contribution in [0.4, 0.5) is 0 Å². The van der Waals surface area contributed by atoms with Crippen molar-refractivity contribution in [1.82, 2.24) is 15.1 Å². The van der Waals surface area contributed by atoms with E-state index in [0.717, 1.165) is 71.4 Å². The molecule has 3 fully saturated rings. The number of hydrogen-bond donors (Lipinski definition) is 2. The average molecular weight is 295 g/mol. The number of aliphatic hydroxyl groups is 1. The number of rotatable bonds is 2. The summed E-state index contributed by atoms with van der Waals surface area (Å²) in [4.78, 5) is 16.8. The molecule has 0 spiro atoms. The number of carbonyl (C=O) groups excluding carboxylic acids is 1. The Morgan fingerprint density at radius 2 is 2.05 bits per heavy atom. The molecule has 3 aliphatic rings. The molecule has 1 aliphatic carbocycles. The van der Waals surface area contributed by atoms with E-state index in [9.17, 15) is 9.90 Å².